The van der Waals surface area contributed by atoms with Crippen molar-refractivity contribution in [2.24, 2.45) is 0 Å². The van der Waals surface area contributed by atoms with E-state index in [1.54, 1.807) is 34.0 Å². The molecular formula is C44H49Cl2N8O5+. The smallest absolute Gasteiger partial charge is 0.350 e. The number of phenolic OH excluding ortho intramolecular Hbond substituents is 1. The quantitative estimate of drug-likeness (QED) is 0.125. The maximum absolute atomic E-state index is 12.9. The standard InChI is InChI=1S/C44H48Cl2N8O5/c1-5-32(4)54-43(56)53(28-48-54)37-9-7-35(8-10-37)50-16-18-51(19-17-50)36-11-13-38(14-12-36)57-24-39-25-58-44(59-39,40-15-6-34(45)22-41(40)46)26-52-29-49(27-47-52)23-33-20-30(2)42(55)31(3)21-33/h6-15,20-22,27-29,32,39H,5,16-19,23-26H2,1-4H3/p+1/t32?,39-,44-/m0/s1. The van der Waals surface area contributed by atoms with Crippen LogP contribution in [0.3, 0.4) is 0 Å². The molecule has 0 aliphatic carbocycles. The van der Waals surface area contributed by atoms with Crippen molar-refractivity contribution >= 4 is 34.6 Å². The van der Waals surface area contributed by atoms with Gasteiger partial charge in [-0.05, 0) is 117 Å². The van der Waals surface area contributed by atoms with Crippen molar-refractivity contribution in [3.05, 3.63) is 141 Å². The molecule has 2 aromatic heterocycles. The lowest BCUT2D eigenvalue weighted by atomic mass is 10.1. The first-order valence-corrected chi connectivity index (χ1v) is 20.7. The zero-order valence-electron chi connectivity index (χ0n) is 33.7. The summed E-state index contributed by atoms with van der Waals surface area (Å²) in [5.74, 6) is -0.174. The molecule has 0 amide bonds. The summed E-state index contributed by atoms with van der Waals surface area (Å²) >= 11 is 13.0. The van der Waals surface area contributed by atoms with Crippen LogP contribution in [0.4, 0.5) is 11.4 Å². The average molecular weight is 841 g/mol. The van der Waals surface area contributed by atoms with Crippen LogP contribution in [0, 0.1) is 13.8 Å². The molecule has 4 heterocycles. The minimum atomic E-state index is -1.23. The molecule has 0 spiro atoms. The van der Waals surface area contributed by atoms with Crippen LogP contribution in [-0.4, -0.2) is 74.7 Å². The fraction of sp³-hybridized carbons (Fsp3) is 0.364. The van der Waals surface area contributed by atoms with E-state index in [-0.39, 0.29) is 31.0 Å². The van der Waals surface area contributed by atoms with Gasteiger partial charge in [0.25, 0.3) is 6.33 Å². The fourth-order valence-electron chi connectivity index (χ4n) is 7.80. The summed E-state index contributed by atoms with van der Waals surface area (Å²) in [6.07, 6.45) is 5.72. The van der Waals surface area contributed by atoms with Gasteiger partial charge in [-0.3, -0.25) is 0 Å². The summed E-state index contributed by atoms with van der Waals surface area (Å²) < 4.78 is 26.2. The number of aryl methyl sites for hydroxylation is 2. The number of ether oxygens (including phenoxy) is 3. The molecule has 6 aromatic rings. The maximum atomic E-state index is 12.9. The highest BCUT2D eigenvalue weighted by Crippen LogP contribution is 2.40. The van der Waals surface area contributed by atoms with Gasteiger partial charge in [0.05, 0.1) is 29.9 Å². The van der Waals surface area contributed by atoms with Crippen molar-refractivity contribution in [2.45, 2.75) is 65.1 Å². The minimum absolute atomic E-state index is 0.0562. The Kier molecular flexibility index (Phi) is 11.7. The van der Waals surface area contributed by atoms with E-state index >= 15 is 0 Å². The molecule has 2 aliphatic rings. The van der Waals surface area contributed by atoms with Gasteiger partial charge in [0.15, 0.2) is 6.54 Å². The van der Waals surface area contributed by atoms with Crippen LogP contribution in [0.25, 0.3) is 5.69 Å². The minimum Gasteiger partial charge on any atom is -0.507 e. The van der Waals surface area contributed by atoms with Gasteiger partial charge in [0.1, 0.15) is 30.5 Å². The highest BCUT2D eigenvalue weighted by molar-refractivity contribution is 6.35. The van der Waals surface area contributed by atoms with E-state index in [9.17, 15) is 9.90 Å². The number of rotatable bonds is 13. The summed E-state index contributed by atoms with van der Waals surface area (Å²) in [4.78, 5) is 17.6. The molecule has 8 rings (SSSR count). The van der Waals surface area contributed by atoms with Gasteiger partial charge >= 0.3 is 5.69 Å². The molecular weight excluding hydrogens is 791 g/mol. The van der Waals surface area contributed by atoms with Crippen LogP contribution >= 0.6 is 23.2 Å². The molecule has 0 bridgehead atoms. The lowest BCUT2D eigenvalue weighted by Crippen LogP contribution is -2.46. The first-order chi connectivity index (χ1) is 28.5. The summed E-state index contributed by atoms with van der Waals surface area (Å²) in [6, 6.07) is 25.6. The number of aromatic hydroxyl groups is 1. The van der Waals surface area contributed by atoms with Crippen LogP contribution in [0.1, 0.15) is 48.6 Å². The molecule has 13 nitrogen and oxygen atoms in total. The van der Waals surface area contributed by atoms with Gasteiger partial charge in [-0.15, -0.1) is 4.68 Å². The van der Waals surface area contributed by atoms with Gasteiger partial charge in [-0.1, -0.05) is 36.2 Å². The highest BCUT2D eigenvalue weighted by Gasteiger charge is 2.47. The number of benzene rings is 4. The van der Waals surface area contributed by atoms with Crippen LogP contribution < -0.4 is 24.8 Å². The van der Waals surface area contributed by atoms with Gasteiger partial charge < -0.3 is 29.1 Å². The van der Waals surface area contributed by atoms with Crippen LogP contribution in [0.2, 0.25) is 10.0 Å². The molecule has 4 aromatic carbocycles. The molecule has 0 radical (unpaired) electrons. The predicted octanol–water partition coefficient (Wildman–Crippen LogP) is 6.84. The summed E-state index contributed by atoms with van der Waals surface area (Å²) in [7, 11) is 0. The zero-order chi connectivity index (χ0) is 41.3. The number of nitrogens with zero attached hydrogens (tertiary/aromatic N) is 8. The molecule has 2 saturated heterocycles. The van der Waals surface area contributed by atoms with Crippen molar-refractivity contribution in [3.8, 4) is 17.2 Å². The van der Waals surface area contributed by atoms with E-state index in [2.05, 4.69) is 44.3 Å². The summed E-state index contributed by atoms with van der Waals surface area (Å²) in [5.41, 5.74) is 6.32. The first-order valence-electron chi connectivity index (χ1n) is 20.0. The molecule has 1 N–H and O–H groups in total. The van der Waals surface area contributed by atoms with Crippen molar-refractivity contribution < 1.29 is 23.9 Å². The summed E-state index contributed by atoms with van der Waals surface area (Å²) in [5, 5.41) is 20.1. The number of anilines is 2. The van der Waals surface area contributed by atoms with E-state index in [0.717, 1.165) is 72.1 Å². The zero-order valence-corrected chi connectivity index (χ0v) is 35.2. The van der Waals surface area contributed by atoms with Gasteiger partial charge in [0.2, 0.25) is 12.1 Å². The predicted molar refractivity (Wildman–Crippen MR) is 227 cm³/mol. The Morgan fingerprint density at radius 3 is 2.20 bits per heavy atom. The van der Waals surface area contributed by atoms with Gasteiger partial charge in [-0.2, -0.15) is 5.10 Å². The normalized spacial score (nSPS) is 18.7. The number of piperazine rings is 1. The Hall–Kier alpha value is -5.34. The molecule has 2 fully saturated rings. The van der Waals surface area contributed by atoms with Gasteiger partial charge in [-0.25, -0.2) is 18.6 Å². The monoisotopic (exact) mass is 839 g/mol. The van der Waals surface area contributed by atoms with Gasteiger partial charge in [0, 0.05) is 53.2 Å². The lowest BCUT2D eigenvalue weighted by molar-refractivity contribution is -0.689. The third-order valence-corrected chi connectivity index (χ3v) is 11.8. The number of phenols is 1. The second-order valence-electron chi connectivity index (χ2n) is 15.4. The van der Waals surface area contributed by atoms with Crippen molar-refractivity contribution in [2.75, 3.05) is 49.2 Å². The van der Waals surface area contributed by atoms with E-state index in [4.69, 9.17) is 37.4 Å². The third kappa shape index (κ3) is 8.70. The molecule has 1 unspecified atom stereocenters. The number of hydrogen-bond acceptors (Lipinski definition) is 9. The van der Waals surface area contributed by atoms with E-state index in [1.165, 1.54) is 4.68 Å². The highest BCUT2D eigenvalue weighted by atomic mass is 35.5. The Balaban J connectivity index is 0.866. The molecule has 308 valence electrons. The largest absolute Gasteiger partial charge is 0.507 e. The Labute approximate surface area is 353 Å². The molecule has 0 saturated carbocycles. The first kappa shape index (κ1) is 40.4. The molecule has 3 atom stereocenters. The van der Waals surface area contributed by atoms with Crippen LogP contribution in [0.15, 0.2) is 103 Å². The summed E-state index contributed by atoms with van der Waals surface area (Å²) in [6.45, 7) is 12.7. The van der Waals surface area contributed by atoms with Crippen molar-refractivity contribution in [3.63, 3.8) is 0 Å². The Morgan fingerprint density at radius 1 is 0.915 bits per heavy atom. The molecule has 2 aliphatic heterocycles. The maximum Gasteiger partial charge on any atom is 0.350 e. The molecule has 59 heavy (non-hydrogen) atoms. The van der Waals surface area contributed by atoms with E-state index in [0.29, 0.717) is 34.5 Å². The SMILES string of the molecule is CCC(C)n1ncn(-c2ccc(N3CCN(c4ccc(OC[C@H]5CO[C@](Cn6c[n+](Cc7cc(C)c(O)c(C)c7)cn6)(c6ccc(Cl)cc6Cl)O5)cc4)CC3)cc2)c1=O. The second-order valence-corrected chi connectivity index (χ2v) is 16.2. The van der Waals surface area contributed by atoms with Crippen molar-refractivity contribution in [1.82, 2.24) is 24.1 Å². The Bertz CT molecular complexity index is 2440. The van der Waals surface area contributed by atoms with Crippen LogP contribution in [-0.2, 0) is 28.4 Å². The second kappa shape index (κ2) is 17.1. The average Bonchev–Trinajstić information content (AvgIpc) is 3.98. The van der Waals surface area contributed by atoms with E-state index in [1.807, 2.05) is 81.1 Å². The van der Waals surface area contributed by atoms with E-state index < -0.39 is 5.79 Å². The Morgan fingerprint density at radius 2 is 1.56 bits per heavy atom. The number of aromatic nitrogens is 6. The lowest BCUT2D eigenvalue weighted by Gasteiger charge is -2.37. The topological polar surface area (TPSA) is 116 Å². The third-order valence-electron chi connectivity index (χ3n) is 11.2. The number of halogens is 2. The van der Waals surface area contributed by atoms with Crippen LogP contribution in [0.5, 0.6) is 11.5 Å². The fourth-order valence-corrected chi connectivity index (χ4v) is 8.35. The molecule has 15 heteroatoms. The number of hydrogen-bond donors (Lipinski definition) is 1. The van der Waals surface area contributed by atoms with Crippen molar-refractivity contribution in [1.29, 1.82) is 0 Å².